The topological polar surface area (TPSA) is 100 Å². The van der Waals surface area contributed by atoms with Gasteiger partial charge in [-0.2, -0.15) is 0 Å². The molecule has 0 aromatic carbocycles. The number of rotatable bonds is 37. The minimum atomic E-state index is -0.504. The van der Waals surface area contributed by atoms with Gasteiger partial charge in [0.1, 0.15) is 19.8 Å². The SMILES string of the molecule is CCCCC/C=C\C/C=C\CCCCCCCC(=O)OCC(COC(=O)CCC(OCCCCCCCC)C1CC1)COC(=O)NCC(C)CCCC. The fourth-order valence-electron chi connectivity index (χ4n) is 6.25. The highest BCUT2D eigenvalue weighted by Crippen LogP contribution is 2.36. The minimum Gasteiger partial charge on any atom is -0.465 e. The zero-order chi connectivity index (χ0) is 38.6. The molecule has 0 spiro atoms. The average Bonchev–Trinajstić information content (AvgIpc) is 4.01. The van der Waals surface area contributed by atoms with Gasteiger partial charge in [-0.3, -0.25) is 9.59 Å². The average molecular weight is 748 g/mol. The number of carbonyl (C=O) groups is 3. The number of esters is 2. The van der Waals surface area contributed by atoms with Crippen molar-refractivity contribution < 1.29 is 33.3 Å². The van der Waals surface area contributed by atoms with Gasteiger partial charge in [0, 0.05) is 26.0 Å². The molecule has 0 saturated heterocycles. The van der Waals surface area contributed by atoms with Gasteiger partial charge in [0.2, 0.25) is 0 Å². The number of carbonyl (C=O) groups excluding carboxylic acids is 3. The molecule has 1 amide bonds. The van der Waals surface area contributed by atoms with Crippen LogP contribution in [0.5, 0.6) is 0 Å². The third kappa shape index (κ3) is 31.7. The molecule has 3 atom stereocenters. The van der Waals surface area contributed by atoms with Crippen molar-refractivity contribution in [3.8, 4) is 0 Å². The summed E-state index contributed by atoms with van der Waals surface area (Å²) < 4.78 is 22.9. The second-order valence-corrected chi connectivity index (χ2v) is 15.5. The van der Waals surface area contributed by atoms with E-state index in [2.05, 4.69) is 57.3 Å². The van der Waals surface area contributed by atoms with E-state index >= 15 is 0 Å². The van der Waals surface area contributed by atoms with Crippen LogP contribution >= 0.6 is 0 Å². The lowest BCUT2D eigenvalue weighted by molar-refractivity contribution is -0.150. The highest BCUT2D eigenvalue weighted by Gasteiger charge is 2.32. The normalized spacial score (nSPS) is 14.7. The van der Waals surface area contributed by atoms with Crippen molar-refractivity contribution in [2.45, 2.75) is 194 Å². The molecule has 0 aromatic heterocycles. The fraction of sp³-hybridized carbons (Fsp3) is 0.844. The zero-order valence-corrected chi connectivity index (χ0v) is 34.7. The first-order chi connectivity index (χ1) is 25.9. The number of ether oxygens (including phenoxy) is 4. The van der Waals surface area contributed by atoms with Crippen molar-refractivity contribution >= 4 is 18.0 Å². The summed E-state index contributed by atoms with van der Waals surface area (Å²) in [5, 5.41) is 2.83. The van der Waals surface area contributed by atoms with Crippen molar-refractivity contribution in [2.24, 2.45) is 17.8 Å². The van der Waals surface area contributed by atoms with Crippen molar-refractivity contribution in [1.82, 2.24) is 5.32 Å². The Bertz CT molecular complexity index is 947. The van der Waals surface area contributed by atoms with Crippen LogP contribution in [0, 0.1) is 17.8 Å². The lowest BCUT2D eigenvalue weighted by atomic mass is 10.1. The molecule has 0 aliphatic heterocycles. The number of unbranched alkanes of at least 4 members (excludes halogenated alkanes) is 14. The summed E-state index contributed by atoms with van der Waals surface area (Å²) in [6.07, 6.45) is 35.3. The first kappa shape index (κ1) is 48.7. The van der Waals surface area contributed by atoms with Gasteiger partial charge in [-0.05, 0) is 82.5 Å². The number of hydrogen-bond acceptors (Lipinski definition) is 7. The zero-order valence-electron chi connectivity index (χ0n) is 34.7. The summed E-state index contributed by atoms with van der Waals surface area (Å²) in [5.74, 6) is -0.0840. The molecule has 1 aliphatic carbocycles. The lowest BCUT2D eigenvalue weighted by Gasteiger charge is -2.19. The first-order valence-corrected chi connectivity index (χ1v) is 22.0. The Morgan fingerprint density at radius 3 is 1.83 bits per heavy atom. The monoisotopic (exact) mass is 748 g/mol. The van der Waals surface area contributed by atoms with Crippen LogP contribution in [-0.4, -0.2) is 57.1 Å². The fourth-order valence-corrected chi connectivity index (χ4v) is 6.25. The quantitative estimate of drug-likeness (QED) is 0.0292. The van der Waals surface area contributed by atoms with E-state index in [-0.39, 0.29) is 44.3 Å². The molecule has 0 heterocycles. The molecular weight excluding hydrogens is 666 g/mol. The summed E-state index contributed by atoms with van der Waals surface area (Å²) in [7, 11) is 0. The smallest absolute Gasteiger partial charge is 0.407 e. The van der Waals surface area contributed by atoms with Gasteiger partial charge in [-0.15, -0.1) is 0 Å². The summed E-state index contributed by atoms with van der Waals surface area (Å²) in [6, 6.07) is 0. The van der Waals surface area contributed by atoms with Crippen LogP contribution < -0.4 is 5.32 Å². The number of alkyl carbamates (subject to hydrolysis) is 1. The Morgan fingerprint density at radius 1 is 0.623 bits per heavy atom. The van der Waals surface area contributed by atoms with Gasteiger partial charge >= 0.3 is 18.0 Å². The van der Waals surface area contributed by atoms with Crippen LogP contribution in [0.25, 0.3) is 0 Å². The van der Waals surface area contributed by atoms with E-state index in [0.29, 0.717) is 31.2 Å². The summed E-state index contributed by atoms with van der Waals surface area (Å²) in [6.45, 7) is 10.1. The molecule has 0 aromatic rings. The molecular formula is C45H81NO7. The van der Waals surface area contributed by atoms with E-state index in [9.17, 15) is 14.4 Å². The molecule has 1 N–H and O–H groups in total. The molecule has 1 rings (SSSR count). The number of hydrogen-bond donors (Lipinski definition) is 1. The predicted molar refractivity (Wildman–Crippen MR) is 218 cm³/mol. The molecule has 8 heteroatoms. The van der Waals surface area contributed by atoms with Crippen molar-refractivity contribution in [2.75, 3.05) is 33.0 Å². The number of allylic oxidation sites excluding steroid dienone is 4. The second-order valence-electron chi connectivity index (χ2n) is 15.5. The maximum atomic E-state index is 12.8. The van der Waals surface area contributed by atoms with E-state index in [0.717, 1.165) is 83.7 Å². The van der Waals surface area contributed by atoms with Gasteiger partial charge < -0.3 is 24.3 Å². The van der Waals surface area contributed by atoms with Crippen molar-refractivity contribution in [3.63, 3.8) is 0 Å². The van der Waals surface area contributed by atoms with Crippen LogP contribution in [0.2, 0.25) is 0 Å². The first-order valence-electron chi connectivity index (χ1n) is 22.0. The second kappa shape index (κ2) is 35.4. The van der Waals surface area contributed by atoms with Gasteiger partial charge in [0.25, 0.3) is 0 Å². The predicted octanol–water partition coefficient (Wildman–Crippen LogP) is 12.0. The maximum Gasteiger partial charge on any atom is 0.407 e. The lowest BCUT2D eigenvalue weighted by Crippen LogP contribution is -2.32. The molecule has 8 nitrogen and oxygen atoms in total. The molecule has 1 fully saturated rings. The van der Waals surface area contributed by atoms with Crippen LogP contribution in [0.3, 0.4) is 0 Å². The van der Waals surface area contributed by atoms with Crippen molar-refractivity contribution in [3.05, 3.63) is 24.3 Å². The molecule has 53 heavy (non-hydrogen) atoms. The Labute approximate surface area is 325 Å². The van der Waals surface area contributed by atoms with E-state index in [4.69, 9.17) is 18.9 Å². The van der Waals surface area contributed by atoms with E-state index in [1.165, 1.54) is 64.2 Å². The molecule has 1 saturated carbocycles. The van der Waals surface area contributed by atoms with E-state index < -0.39 is 12.0 Å². The minimum absolute atomic E-state index is 0.00545. The third-order valence-corrected chi connectivity index (χ3v) is 10.00. The molecule has 0 radical (unpaired) electrons. The van der Waals surface area contributed by atoms with Gasteiger partial charge in [0.15, 0.2) is 0 Å². The van der Waals surface area contributed by atoms with Crippen LogP contribution in [0.15, 0.2) is 24.3 Å². The summed E-state index contributed by atoms with van der Waals surface area (Å²) >= 11 is 0. The van der Waals surface area contributed by atoms with Crippen molar-refractivity contribution in [1.29, 1.82) is 0 Å². The Morgan fingerprint density at radius 2 is 1.17 bits per heavy atom. The van der Waals surface area contributed by atoms with Gasteiger partial charge in [-0.25, -0.2) is 4.79 Å². The van der Waals surface area contributed by atoms with Crippen LogP contribution in [-0.2, 0) is 28.5 Å². The molecule has 0 bridgehead atoms. The Balaban J connectivity index is 2.38. The highest BCUT2D eigenvalue weighted by atomic mass is 16.6. The van der Waals surface area contributed by atoms with Gasteiger partial charge in [-0.1, -0.05) is 129 Å². The number of amides is 1. The van der Waals surface area contributed by atoms with Crippen LogP contribution in [0.4, 0.5) is 4.79 Å². The summed E-state index contributed by atoms with van der Waals surface area (Å²) in [4.78, 5) is 37.8. The Hall–Kier alpha value is -2.35. The van der Waals surface area contributed by atoms with E-state index in [1.54, 1.807) is 0 Å². The maximum absolute atomic E-state index is 12.8. The Kier molecular flexibility index (Phi) is 32.5. The third-order valence-electron chi connectivity index (χ3n) is 10.00. The largest absolute Gasteiger partial charge is 0.465 e. The highest BCUT2D eigenvalue weighted by molar-refractivity contribution is 5.70. The molecule has 3 unspecified atom stereocenters. The molecule has 1 aliphatic rings. The van der Waals surface area contributed by atoms with Gasteiger partial charge in [0.05, 0.1) is 12.0 Å². The van der Waals surface area contributed by atoms with Crippen LogP contribution in [0.1, 0.15) is 188 Å². The number of nitrogens with one attached hydrogen (secondary N) is 1. The molecule has 308 valence electrons. The van der Waals surface area contributed by atoms with E-state index in [1.807, 2.05) is 0 Å². The summed E-state index contributed by atoms with van der Waals surface area (Å²) in [5.41, 5.74) is 0. The standard InChI is InChI=1S/C45H81NO7/c1-5-8-11-13-15-16-17-18-19-20-21-22-23-24-26-29-43(47)51-36-40(38-53-45(49)46-35-39(4)28-10-7-3)37-52-44(48)33-32-42(41-30-31-41)50-34-27-25-14-12-9-6-2/h15-16,18-19,39-42H,5-14,17,20-38H2,1-4H3,(H,46,49)/b16-15-,19-18-.